The van der Waals surface area contributed by atoms with E-state index < -0.39 is 0 Å². The Hall–Kier alpha value is -6.72. The lowest BCUT2D eigenvalue weighted by atomic mass is 10.0. The largest absolute Gasteiger partial charge is 0.309 e. The monoisotopic (exact) mass is 627 g/mol. The van der Waals surface area contributed by atoms with E-state index in [0.717, 1.165) is 50.1 Å². The van der Waals surface area contributed by atoms with Crippen LogP contribution >= 0.6 is 0 Å². The first kappa shape index (κ1) is 28.5. The predicted molar refractivity (Wildman–Crippen MR) is 199 cm³/mol. The summed E-state index contributed by atoms with van der Waals surface area (Å²) in [4.78, 5) is 19.5. The molecule has 9 aromatic rings. The van der Waals surface area contributed by atoms with Crippen LogP contribution in [0.2, 0.25) is 0 Å². The van der Waals surface area contributed by atoms with Gasteiger partial charge in [0.25, 0.3) is 0 Å². The van der Waals surface area contributed by atoms with Gasteiger partial charge in [-0.15, -0.1) is 0 Å². The number of para-hydroxylation sites is 1. The molecule has 0 aliphatic heterocycles. The van der Waals surface area contributed by atoms with Gasteiger partial charge in [0, 0.05) is 51.0 Å². The number of hydrogen-bond donors (Lipinski definition) is 0. The molecule has 0 saturated heterocycles. The van der Waals surface area contributed by atoms with Gasteiger partial charge < -0.3 is 4.57 Å². The number of hydrogen-bond acceptors (Lipinski definition) is 4. The van der Waals surface area contributed by atoms with Crippen LogP contribution in [0.3, 0.4) is 0 Å². The van der Waals surface area contributed by atoms with E-state index in [1.54, 1.807) is 0 Å². The van der Waals surface area contributed by atoms with Crippen LogP contribution in [0, 0.1) is 0 Å². The molecule has 3 aromatic heterocycles. The highest BCUT2D eigenvalue weighted by Gasteiger charge is 2.19. The van der Waals surface area contributed by atoms with Gasteiger partial charge in [0.1, 0.15) is 0 Å². The highest BCUT2D eigenvalue weighted by molar-refractivity contribution is 6.10. The molecule has 0 amide bonds. The van der Waals surface area contributed by atoms with Gasteiger partial charge in [0.2, 0.25) is 0 Å². The van der Waals surface area contributed by atoms with Crippen LogP contribution in [0.4, 0.5) is 0 Å². The molecule has 0 aliphatic carbocycles. The Kier molecular flexibility index (Phi) is 7.06. The Morgan fingerprint density at radius 3 is 1.57 bits per heavy atom. The number of pyridine rings is 1. The Balaban J connectivity index is 1.33. The van der Waals surface area contributed by atoms with Crippen LogP contribution in [-0.2, 0) is 0 Å². The summed E-state index contributed by atoms with van der Waals surface area (Å²) in [7, 11) is 0. The maximum atomic E-state index is 5.06. The molecular formula is C44H29N5. The molecule has 5 nitrogen and oxygen atoms in total. The molecule has 0 fully saturated rings. The summed E-state index contributed by atoms with van der Waals surface area (Å²) in [5.41, 5.74) is 10.5. The summed E-state index contributed by atoms with van der Waals surface area (Å²) in [5.74, 6) is 1.87. The van der Waals surface area contributed by atoms with Gasteiger partial charge in [-0.3, -0.25) is 4.98 Å². The Labute approximate surface area is 283 Å². The SMILES string of the molecule is c1ccc(-c2ccc3c4ccccc4n(-c4cc(-c5nc(-c6ccccc6)nc(-c6ccccc6)n5)ccc4-c4cccnc4)c3c2)cc1. The minimum Gasteiger partial charge on any atom is -0.309 e. The first-order chi connectivity index (χ1) is 24.3. The van der Waals surface area contributed by atoms with E-state index in [4.69, 9.17) is 15.0 Å². The van der Waals surface area contributed by atoms with Crippen molar-refractivity contribution >= 4 is 21.8 Å². The van der Waals surface area contributed by atoms with E-state index in [2.05, 4.69) is 107 Å². The summed E-state index contributed by atoms with van der Waals surface area (Å²) < 4.78 is 2.38. The maximum absolute atomic E-state index is 5.06. The highest BCUT2D eigenvalue weighted by Crippen LogP contribution is 2.39. The molecule has 0 atom stereocenters. The number of fused-ring (bicyclic) bond motifs is 3. The molecular weight excluding hydrogens is 599 g/mol. The second-order valence-corrected chi connectivity index (χ2v) is 12.0. The minimum atomic E-state index is 0.609. The van der Waals surface area contributed by atoms with Crippen molar-refractivity contribution in [3.63, 3.8) is 0 Å². The van der Waals surface area contributed by atoms with E-state index in [-0.39, 0.29) is 0 Å². The van der Waals surface area contributed by atoms with Gasteiger partial charge in [0.05, 0.1) is 16.7 Å². The lowest BCUT2D eigenvalue weighted by molar-refractivity contribution is 1.07. The molecule has 0 bridgehead atoms. The van der Waals surface area contributed by atoms with Crippen LogP contribution in [0.1, 0.15) is 0 Å². The van der Waals surface area contributed by atoms with Crippen molar-refractivity contribution in [1.29, 1.82) is 0 Å². The van der Waals surface area contributed by atoms with Crippen molar-refractivity contribution in [2.45, 2.75) is 0 Å². The summed E-state index contributed by atoms with van der Waals surface area (Å²) >= 11 is 0. The first-order valence-corrected chi connectivity index (χ1v) is 16.3. The average Bonchev–Trinajstić information content (AvgIpc) is 3.52. The fourth-order valence-electron chi connectivity index (χ4n) is 6.60. The standard InChI is InChI=1S/C44H29N5/c1-4-13-30(14-5-1)33-22-25-38-37-20-10-11-21-39(37)49(41(38)27-33)40-28-34(23-24-36(40)35-19-12-26-45-29-35)44-47-42(31-15-6-2-7-16-31)46-43(48-44)32-17-8-3-9-18-32/h1-29H. The van der Waals surface area contributed by atoms with Gasteiger partial charge >= 0.3 is 0 Å². The van der Waals surface area contributed by atoms with Gasteiger partial charge in [-0.05, 0) is 35.4 Å². The van der Waals surface area contributed by atoms with Gasteiger partial charge in [0.15, 0.2) is 17.5 Å². The summed E-state index contributed by atoms with van der Waals surface area (Å²) in [6.45, 7) is 0. The second kappa shape index (κ2) is 12.1. The van der Waals surface area contributed by atoms with Gasteiger partial charge in [-0.25, -0.2) is 15.0 Å². The number of nitrogens with zero attached hydrogens (tertiary/aromatic N) is 5. The zero-order chi connectivity index (χ0) is 32.6. The van der Waals surface area contributed by atoms with Crippen molar-refractivity contribution in [2.75, 3.05) is 0 Å². The molecule has 230 valence electrons. The van der Waals surface area contributed by atoms with Crippen LogP contribution in [-0.4, -0.2) is 24.5 Å². The molecule has 0 aliphatic rings. The summed E-state index contributed by atoms with van der Waals surface area (Å²) in [6.07, 6.45) is 3.73. The third-order valence-corrected chi connectivity index (χ3v) is 8.95. The fourth-order valence-corrected chi connectivity index (χ4v) is 6.60. The number of aromatic nitrogens is 5. The molecule has 3 heterocycles. The third kappa shape index (κ3) is 5.24. The lowest BCUT2D eigenvalue weighted by Gasteiger charge is -2.16. The Morgan fingerprint density at radius 1 is 0.367 bits per heavy atom. The molecule has 49 heavy (non-hydrogen) atoms. The van der Waals surface area contributed by atoms with Crippen molar-refractivity contribution < 1.29 is 0 Å². The zero-order valence-electron chi connectivity index (χ0n) is 26.5. The van der Waals surface area contributed by atoms with Crippen LogP contribution in [0.15, 0.2) is 176 Å². The molecule has 9 rings (SSSR count). The van der Waals surface area contributed by atoms with E-state index in [1.165, 1.54) is 16.3 Å². The molecule has 0 saturated carbocycles. The highest BCUT2D eigenvalue weighted by atomic mass is 15.0. The molecule has 5 heteroatoms. The third-order valence-electron chi connectivity index (χ3n) is 8.95. The molecule has 6 aromatic carbocycles. The van der Waals surface area contributed by atoms with Crippen LogP contribution in [0.5, 0.6) is 0 Å². The maximum Gasteiger partial charge on any atom is 0.164 e. The van der Waals surface area contributed by atoms with Crippen LogP contribution in [0.25, 0.3) is 83.9 Å². The predicted octanol–water partition coefficient (Wildman–Crippen LogP) is 10.7. The molecule has 0 spiro atoms. The van der Waals surface area contributed by atoms with E-state index in [1.807, 2.05) is 79.1 Å². The first-order valence-electron chi connectivity index (χ1n) is 16.3. The topological polar surface area (TPSA) is 56.5 Å². The fraction of sp³-hybridized carbons (Fsp3) is 0. The number of rotatable bonds is 6. The van der Waals surface area contributed by atoms with E-state index in [0.29, 0.717) is 17.5 Å². The van der Waals surface area contributed by atoms with Gasteiger partial charge in [-0.2, -0.15) is 0 Å². The average molecular weight is 628 g/mol. The molecule has 0 radical (unpaired) electrons. The van der Waals surface area contributed by atoms with Gasteiger partial charge in [-0.1, -0.05) is 140 Å². The zero-order valence-corrected chi connectivity index (χ0v) is 26.5. The smallest absolute Gasteiger partial charge is 0.164 e. The summed E-state index contributed by atoms with van der Waals surface area (Å²) in [6, 6.07) is 56.7. The number of benzene rings is 6. The Bertz CT molecular complexity index is 2520. The second-order valence-electron chi connectivity index (χ2n) is 12.0. The van der Waals surface area contributed by atoms with Crippen LogP contribution < -0.4 is 0 Å². The normalized spacial score (nSPS) is 11.3. The van der Waals surface area contributed by atoms with Crippen molar-refractivity contribution in [1.82, 2.24) is 24.5 Å². The minimum absolute atomic E-state index is 0.609. The van der Waals surface area contributed by atoms with Crippen molar-refractivity contribution in [2.24, 2.45) is 0 Å². The Morgan fingerprint density at radius 2 is 0.918 bits per heavy atom. The van der Waals surface area contributed by atoms with E-state index in [9.17, 15) is 0 Å². The van der Waals surface area contributed by atoms with Crippen molar-refractivity contribution in [3.8, 4) is 62.1 Å². The van der Waals surface area contributed by atoms with E-state index >= 15 is 0 Å². The lowest BCUT2D eigenvalue weighted by Crippen LogP contribution is -2.02. The molecule has 0 unspecified atom stereocenters. The summed E-state index contributed by atoms with van der Waals surface area (Å²) in [5, 5.41) is 2.38. The molecule has 0 N–H and O–H groups in total. The van der Waals surface area contributed by atoms with Crippen molar-refractivity contribution in [3.05, 3.63) is 176 Å². The quantitative estimate of drug-likeness (QED) is 0.184.